The molecule has 28 heavy (non-hydrogen) atoms. The van der Waals surface area contributed by atoms with E-state index in [-0.39, 0.29) is 5.56 Å². The molecule has 1 aliphatic rings. The van der Waals surface area contributed by atoms with E-state index in [2.05, 4.69) is 30.1 Å². The number of carbonyl (C=O) groups is 1. The summed E-state index contributed by atoms with van der Waals surface area (Å²) in [5, 5.41) is 13.6. The first-order valence-electron chi connectivity index (χ1n) is 9.11. The zero-order valence-electron chi connectivity index (χ0n) is 15.6. The van der Waals surface area contributed by atoms with E-state index in [1.165, 1.54) is 17.4 Å². The van der Waals surface area contributed by atoms with Gasteiger partial charge in [-0.15, -0.1) is 11.3 Å². The molecule has 0 radical (unpaired) electrons. The van der Waals surface area contributed by atoms with Crippen LogP contribution in [0.4, 0.5) is 5.00 Å². The molecule has 1 aromatic carbocycles. The van der Waals surface area contributed by atoms with Crippen LogP contribution in [0.5, 0.6) is 0 Å². The van der Waals surface area contributed by atoms with Gasteiger partial charge in [-0.2, -0.15) is 5.26 Å². The average Bonchev–Trinajstić information content (AvgIpc) is 3.03. The van der Waals surface area contributed by atoms with Crippen LogP contribution in [0.25, 0.3) is 11.0 Å². The Morgan fingerprint density at radius 1 is 1.36 bits per heavy atom. The van der Waals surface area contributed by atoms with Crippen molar-refractivity contribution in [3.8, 4) is 6.07 Å². The summed E-state index contributed by atoms with van der Waals surface area (Å²) >= 11 is 1.41. The van der Waals surface area contributed by atoms with Crippen LogP contribution in [0.2, 0.25) is 0 Å². The molecule has 6 nitrogen and oxygen atoms in total. The molecule has 142 valence electrons. The Labute approximate surface area is 166 Å². The van der Waals surface area contributed by atoms with Gasteiger partial charge >= 0.3 is 5.63 Å². The van der Waals surface area contributed by atoms with Crippen LogP contribution in [0.3, 0.4) is 0 Å². The monoisotopic (exact) mass is 393 g/mol. The third-order valence-corrected chi connectivity index (χ3v) is 6.17. The Bertz CT molecular complexity index is 1170. The van der Waals surface area contributed by atoms with Gasteiger partial charge in [0.15, 0.2) is 0 Å². The van der Waals surface area contributed by atoms with Gasteiger partial charge in [0.1, 0.15) is 22.2 Å². The van der Waals surface area contributed by atoms with E-state index in [0.29, 0.717) is 27.6 Å². The number of thiophene rings is 1. The van der Waals surface area contributed by atoms with Gasteiger partial charge < -0.3 is 9.73 Å². The fourth-order valence-electron chi connectivity index (χ4n) is 3.46. The van der Waals surface area contributed by atoms with E-state index in [4.69, 9.17) is 4.42 Å². The maximum Gasteiger partial charge on any atom is 0.349 e. The Hall–Kier alpha value is -2.95. The van der Waals surface area contributed by atoms with Crippen molar-refractivity contribution >= 4 is 33.2 Å². The zero-order valence-corrected chi connectivity index (χ0v) is 16.4. The van der Waals surface area contributed by atoms with Crippen LogP contribution in [0.15, 0.2) is 39.5 Å². The molecule has 4 rings (SSSR count). The summed E-state index contributed by atoms with van der Waals surface area (Å²) in [5.41, 5.74) is 1.18. The summed E-state index contributed by atoms with van der Waals surface area (Å²) in [5.74, 6) is -0.560. The molecule has 7 heteroatoms. The first kappa shape index (κ1) is 18.4. The lowest BCUT2D eigenvalue weighted by Crippen LogP contribution is -2.35. The molecule has 0 fully saturated rings. The number of benzene rings is 1. The van der Waals surface area contributed by atoms with Gasteiger partial charge in [0, 0.05) is 29.4 Å². The number of nitrogens with zero attached hydrogens (tertiary/aromatic N) is 2. The number of nitrogens with one attached hydrogen (secondary N) is 1. The first-order chi connectivity index (χ1) is 13.5. The van der Waals surface area contributed by atoms with E-state index >= 15 is 0 Å². The molecule has 0 bridgehead atoms. The molecule has 0 atom stereocenters. The van der Waals surface area contributed by atoms with Crippen molar-refractivity contribution in [2.75, 3.05) is 11.9 Å². The molecule has 3 heterocycles. The first-order valence-corrected chi connectivity index (χ1v) is 9.92. The van der Waals surface area contributed by atoms with Gasteiger partial charge in [0.05, 0.1) is 5.56 Å². The lowest BCUT2D eigenvalue weighted by Gasteiger charge is -2.30. The Kier molecular flexibility index (Phi) is 4.75. The van der Waals surface area contributed by atoms with Crippen molar-refractivity contribution in [3.63, 3.8) is 0 Å². The molecule has 0 spiro atoms. The second-order valence-electron chi connectivity index (χ2n) is 7.07. The molecule has 2 aromatic heterocycles. The standard InChI is InChI=1S/C21H19N3O3S/c1-12(2)24-8-7-14-16(10-22)20(28-18(14)11-24)23-19(25)15-9-13-5-3-4-6-17(13)27-21(15)26/h3-6,9,12H,7-8,11H2,1-2H3,(H,23,25). The van der Waals surface area contributed by atoms with Gasteiger partial charge in [0.25, 0.3) is 5.91 Å². The van der Waals surface area contributed by atoms with Crippen LogP contribution < -0.4 is 10.9 Å². The van der Waals surface area contributed by atoms with Crippen molar-refractivity contribution in [1.82, 2.24) is 4.90 Å². The summed E-state index contributed by atoms with van der Waals surface area (Å²) in [7, 11) is 0. The van der Waals surface area contributed by atoms with Crippen LogP contribution in [-0.2, 0) is 13.0 Å². The molecule has 0 saturated heterocycles. The van der Waals surface area contributed by atoms with Gasteiger partial charge in [-0.25, -0.2) is 4.79 Å². The summed E-state index contributed by atoms with van der Waals surface area (Å²) in [6.07, 6.45) is 0.779. The van der Waals surface area contributed by atoms with E-state index in [1.807, 2.05) is 6.07 Å². The zero-order chi connectivity index (χ0) is 19.8. The number of para-hydroxylation sites is 1. The maximum absolute atomic E-state index is 12.7. The molecule has 1 N–H and O–H groups in total. The molecular weight excluding hydrogens is 374 g/mol. The Balaban J connectivity index is 1.67. The lowest BCUT2D eigenvalue weighted by molar-refractivity contribution is 0.102. The van der Waals surface area contributed by atoms with Crippen molar-refractivity contribution in [3.05, 3.63) is 62.3 Å². The highest BCUT2D eigenvalue weighted by molar-refractivity contribution is 7.16. The van der Waals surface area contributed by atoms with Crippen LogP contribution in [0.1, 0.15) is 40.2 Å². The fourth-order valence-corrected chi connectivity index (χ4v) is 4.68. The number of amides is 1. The number of hydrogen-bond acceptors (Lipinski definition) is 6. The van der Waals surface area contributed by atoms with Gasteiger partial charge in [-0.3, -0.25) is 9.69 Å². The second kappa shape index (κ2) is 7.23. The number of rotatable bonds is 3. The molecule has 0 saturated carbocycles. The molecule has 1 aliphatic heterocycles. The molecule has 3 aromatic rings. The van der Waals surface area contributed by atoms with Crippen molar-refractivity contribution in [1.29, 1.82) is 5.26 Å². The third-order valence-electron chi connectivity index (χ3n) is 5.04. The predicted molar refractivity (Wildman–Crippen MR) is 109 cm³/mol. The molecule has 0 unspecified atom stereocenters. The maximum atomic E-state index is 12.7. The largest absolute Gasteiger partial charge is 0.422 e. The number of carbonyl (C=O) groups excluding carboxylic acids is 1. The van der Waals surface area contributed by atoms with Gasteiger partial charge in [0.2, 0.25) is 0 Å². The third kappa shape index (κ3) is 3.21. The van der Waals surface area contributed by atoms with E-state index in [9.17, 15) is 14.9 Å². The van der Waals surface area contributed by atoms with Crippen molar-refractivity contribution in [2.45, 2.75) is 32.9 Å². The molecular formula is C21H19N3O3S. The van der Waals surface area contributed by atoms with Crippen LogP contribution in [0, 0.1) is 11.3 Å². The predicted octanol–water partition coefficient (Wildman–Crippen LogP) is 3.74. The van der Waals surface area contributed by atoms with Crippen molar-refractivity contribution in [2.24, 2.45) is 0 Å². The van der Waals surface area contributed by atoms with Gasteiger partial charge in [-0.05, 0) is 38.0 Å². The van der Waals surface area contributed by atoms with Crippen molar-refractivity contribution < 1.29 is 9.21 Å². The molecule has 0 aliphatic carbocycles. The highest BCUT2D eigenvalue weighted by atomic mass is 32.1. The summed E-state index contributed by atoms with van der Waals surface area (Å²) < 4.78 is 5.25. The Morgan fingerprint density at radius 2 is 2.14 bits per heavy atom. The number of hydrogen-bond donors (Lipinski definition) is 1. The lowest BCUT2D eigenvalue weighted by atomic mass is 10.0. The van der Waals surface area contributed by atoms with E-state index < -0.39 is 11.5 Å². The number of nitriles is 1. The van der Waals surface area contributed by atoms with Crippen LogP contribution >= 0.6 is 11.3 Å². The van der Waals surface area contributed by atoms with Crippen LogP contribution in [-0.4, -0.2) is 23.4 Å². The number of anilines is 1. The highest BCUT2D eigenvalue weighted by Crippen LogP contribution is 2.37. The Morgan fingerprint density at radius 3 is 2.89 bits per heavy atom. The topological polar surface area (TPSA) is 86.3 Å². The van der Waals surface area contributed by atoms with Gasteiger partial charge in [-0.1, -0.05) is 18.2 Å². The summed E-state index contributed by atoms with van der Waals surface area (Å²) in [6, 6.07) is 11.2. The minimum Gasteiger partial charge on any atom is -0.422 e. The normalized spacial score (nSPS) is 14.1. The van der Waals surface area contributed by atoms with E-state index in [1.54, 1.807) is 18.2 Å². The SMILES string of the molecule is CC(C)N1CCc2c(sc(NC(=O)c3cc4ccccc4oc3=O)c2C#N)C1. The summed E-state index contributed by atoms with van der Waals surface area (Å²) in [6.45, 7) is 5.94. The number of fused-ring (bicyclic) bond motifs is 2. The summed E-state index contributed by atoms with van der Waals surface area (Å²) in [4.78, 5) is 28.4. The average molecular weight is 393 g/mol. The minimum absolute atomic E-state index is 0.0715. The second-order valence-corrected chi connectivity index (χ2v) is 8.18. The smallest absolute Gasteiger partial charge is 0.349 e. The molecule has 1 amide bonds. The fraction of sp³-hybridized carbons (Fsp3) is 0.286. The quantitative estimate of drug-likeness (QED) is 0.685. The highest BCUT2D eigenvalue weighted by Gasteiger charge is 2.27. The van der Waals surface area contributed by atoms with E-state index in [0.717, 1.165) is 30.0 Å². The minimum atomic E-state index is -0.693.